The van der Waals surface area contributed by atoms with Gasteiger partial charge in [0.1, 0.15) is 0 Å². The predicted octanol–water partition coefficient (Wildman–Crippen LogP) is 0.108. The highest BCUT2D eigenvalue weighted by molar-refractivity contribution is 4.91. The number of nitrogens with one attached hydrogen (secondary N) is 1. The lowest BCUT2D eigenvalue weighted by atomic mass is 10.2. The Morgan fingerprint density at radius 2 is 2.39 bits per heavy atom. The largest absolute Gasteiger partial charge is 0.376 e. The molecular weight excluding hydrogens is 230 g/mol. The zero-order chi connectivity index (χ0) is 12.8. The van der Waals surface area contributed by atoms with Gasteiger partial charge >= 0.3 is 0 Å². The van der Waals surface area contributed by atoms with E-state index in [0.29, 0.717) is 6.10 Å². The van der Waals surface area contributed by atoms with Crippen LogP contribution in [0.25, 0.3) is 0 Å². The Labute approximate surface area is 108 Å². The molecule has 1 N–H and O–H groups in total. The van der Waals surface area contributed by atoms with Crippen molar-refractivity contribution < 1.29 is 4.74 Å². The van der Waals surface area contributed by atoms with Crippen LogP contribution in [0, 0.1) is 0 Å². The van der Waals surface area contributed by atoms with Gasteiger partial charge in [-0.3, -0.25) is 9.58 Å². The molecule has 1 aromatic heterocycles. The highest BCUT2D eigenvalue weighted by atomic mass is 16.5. The van der Waals surface area contributed by atoms with Crippen LogP contribution in [-0.2, 0) is 17.8 Å². The van der Waals surface area contributed by atoms with Crippen LogP contribution in [0.3, 0.4) is 0 Å². The van der Waals surface area contributed by atoms with E-state index in [2.05, 4.69) is 27.5 Å². The van der Waals surface area contributed by atoms with Crippen molar-refractivity contribution in [3.8, 4) is 0 Å². The van der Waals surface area contributed by atoms with E-state index in [1.807, 2.05) is 17.9 Å². The van der Waals surface area contributed by atoms with Crippen LogP contribution in [0.5, 0.6) is 0 Å². The van der Waals surface area contributed by atoms with E-state index in [9.17, 15) is 0 Å². The number of ether oxygens (including phenoxy) is 1. The van der Waals surface area contributed by atoms with Gasteiger partial charge in [0.05, 0.1) is 24.9 Å². The maximum Gasteiger partial charge on any atom is 0.0964 e. The Morgan fingerprint density at radius 3 is 3.17 bits per heavy atom. The number of hydrogen-bond donors (Lipinski definition) is 1. The summed E-state index contributed by atoms with van der Waals surface area (Å²) in [6.07, 6.45) is 3.50. The summed E-state index contributed by atoms with van der Waals surface area (Å²) in [5, 5.41) is 11.3. The Kier molecular flexibility index (Phi) is 5.10. The van der Waals surface area contributed by atoms with Crippen LogP contribution in [-0.4, -0.2) is 59.3 Å². The quantitative estimate of drug-likeness (QED) is 0.780. The standard InChI is InChI=1S/C12H23N5O/c1-3-12-10-16(6-7-18-12)4-5-17-9-11(8-13-2)14-15-17/h9,12-13H,3-8,10H2,1-2H3. The van der Waals surface area contributed by atoms with E-state index < -0.39 is 0 Å². The maximum absolute atomic E-state index is 5.66. The fourth-order valence-electron chi connectivity index (χ4n) is 2.18. The molecule has 0 radical (unpaired) electrons. The summed E-state index contributed by atoms with van der Waals surface area (Å²) in [5.74, 6) is 0. The smallest absolute Gasteiger partial charge is 0.0964 e. The van der Waals surface area contributed by atoms with Gasteiger partial charge in [0, 0.05) is 32.4 Å². The fraction of sp³-hybridized carbons (Fsp3) is 0.833. The molecule has 0 aromatic carbocycles. The van der Waals surface area contributed by atoms with E-state index >= 15 is 0 Å². The lowest BCUT2D eigenvalue weighted by Gasteiger charge is -2.32. The highest BCUT2D eigenvalue weighted by Crippen LogP contribution is 2.08. The molecule has 18 heavy (non-hydrogen) atoms. The molecule has 1 atom stereocenters. The summed E-state index contributed by atoms with van der Waals surface area (Å²) < 4.78 is 7.58. The van der Waals surface area contributed by atoms with E-state index in [4.69, 9.17) is 4.74 Å². The zero-order valence-corrected chi connectivity index (χ0v) is 11.3. The normalized spacial score (nSPS) is 21.3. The van der Waals surface area contributed by atoms with Crippen molar-refractivity contribution in [2.24, 2.45) is 0 Å². The monoisotopic (exact) mass is 253 g/mol. The molecule has 0 saturated carbocycles. The minimum Gasteiger partial charge on any atom is -0.376 e. The van der Waals surface area contributed by atoms with Gasteiger partial charge in [-0.1, -0.05) is 12.1 Å². The van der Waals surface area contributed by atoms with Crippen LogP contribution in [0.15, 0.2) is 6.20 Å². The van der Waals surface area contributed by atoms with Crippen molar-refractivity contribution in [2.45, 2.75) is 32.5 Å². The first kappa shape index (κ1) is 13.5. The molecule has 1 saturated heterocycles. The molecule has 0 amide bonds. The topological polar surface area (TPSA) is 55.2 Å². The fourth-order valence-corrected chi connectivity index (χ4v) is 2.18. The van der Waals surface area contributed by atoms with Gasteiger partial charge in [-0.15, -0.1) is 5.10 Å². The number of nitrogens with zero attached hydrogens (tertiary/aromatic N) is 4. The summed E-state index contributed by atoms with van der Waals surface area (Å²) in [7, 11) is 1.91. The second-order valence-corrected chi connectivity index (χ2v) is 4.70. The Balaban J connectivity index is 1.76. The van der Waals surface area contributed by atoms with Crippen LogP contribution >= 0.6 is 0 Å². The zero-order valence-electron chi connectivity index (χ0n) is 11.3. The van der Waals surface area contributed by atoms with Crippen LogP contribution < -0.4 is 5.32 Å². The summed E-state index contributed by atoms with van der Waals surface area (Å²) in [5.41, 5.74) is 0.992. The van der Waals surface area contributed by atoms with Gasteiger partial charge < -0.3 is 10.1 Å². The van der Waals surface area contributed by atoms with Gasteiger partial charge in [-0.05, 0) is 13.5 Å². The number of morpholine rings is 1. The molecule has 1 aliphatic heterocycles. The molecule has 1 aliphatic rings. The molecule has 2 rings (SSSR count). The molecular formula is C12H23N5O. The van der Waals surface area contributed by atoms with E-state index in [1.165, 1.54) is 0 Å². The van der Waals surface area contributed by atoms with Crippen LogP contribution in [0.2, 0.25) is 0 Å². The SMILES string of the molecule is CCC1CN(CCn2cc(CNC)nn2)CCO1. The van der Waals surface area contributed by atoms with Gasteiger partial charge in [0.15, 0.2) is 0 Å². The minimum atomic E-state index is 0.398. The predicted molar refractivity (Wildman–Crippen MR) is 69.3 cm³/mol. The summed E-state index contributed by atoms with van der Waals surface area (Å²) in [6, 6.07) is 0. The van der Waals surface area contributed by atoms with Crippen molar-refractivity contribution in [3.63, 3.8) is 0 Å². The molecule has 1 fully saturated rings. The molecule has 6 heteroatoms. The third kappa shape index (κ3) is 3.76. The number of aromatic nitrogens is 3. The first-order chi connectivity index (χ1) is 8.81. The molecule has 2 heterocycles. The molecule has 6 nitrogen and oxygen atoms in total. The minimum absolute atomic E-state index is 0.398. The highest BCUT2D eigenvalue weighted by Gasteiger charge is 2.18. The molecule has 1 aromatic rings. The van der Waals surface area contributed by atoms with Crippen molar-refractivity contribution in [2.75, 3.05) is 33.3 Å². The van der Waals surface area contributed by atoms with Crippen molar-refractivity contribution in [3.05, 3.63) is 11.9 Å². The van der Waals surface area contributed by atoms with Crippen molar-refractivity contribution >= 4 is 0 Å². The van der Waals surface area contributed by atoms with E-state index in [1.54, 1.807) is 0 Å². The Bertz CT molecular complexity index is 354. The van der Waals surface area contributed by atoms with Crippen molar-refractivity contribution in [1.82, 2.24) is 25.2 Å². The Hall–Kier alpha value is -0.980. The third-order valence-electron chi connectivity index (χ3n) is 3.27. The summed E-state index contributed by atoms with van der Waals surface area (Å²) in [6.45, 7) is 7.77. The second kappa shape index (κ2) is 6.82. The summed E-state index contributed by atoms with van der Waals surface area (Å²) >= 11 is 0. The molecule has 102 valence electrons. The van der Waals surface area contributed by atoms with Crippen LogP contribution in [0.1, 0.15) is 19.0 Å². The van der Waals surface area contributed by atoms with Crippen molar-refractivity contribution in [1.29, 1.82) is 0 Å². The van der Waals surface area contributed by atoms with Gasteiger partial charge in [0.25, 0.3) is 0 Å². The number of rotatable bonds is 6. The van der Waals surface area contributed by atoms with Gasteiger partial charge in [-0.25, -0.2) is 0 Å². The number of hydrogen-bond acceptors (Lipinski definition) is 5. The molecule has 1 unspecified atom stereocenters. The van der Waals surface area contributed by atoms with Gasteiger partial charge in [-0.2, -0.15) is 0 Å². The average molecular weight is 253 g/mol. The van der Waals surface area contributed by atoms with Gasteiger partial charge in [0.2, 0.25) is 0 Å². The molecule has 0 bridgehead atoms. The Morgan fingerprint density at radius 1 is 1.50 bits per heavy atom. The third-order valence-corrected chi connectivity index (χ3v) is 3.27. The van der Waals surface area contributed by atoms with Crippen LogP contribution in [0.4, 0.5) is 0 Å². The van der Waals surface area contributed by atoms with E-state index in [0.717, 1.165) is 51.4 Å². The first-order valence-corrected chi connectivity index (χ1v) is 6.69. The second-order valence-electron chi connectivity index (χ2n) is 4.70. The lowest BCUT2D eigenvalue weighted by Crippen LogP contribution is -2.43. The maximum atomic E-state index is 5.66. The lowest BCUT2D eigenvalue weighted by molar-refractivity contribution is -0.0307. The van der Waals surface area contributed by atoms with E-state index in [-0.39, 0.29) is 0 Å². The summed E-state index contributed by atoms with van der Waals surface area (Å²) in [4.78, 5) is 2.44. The average Bonchev–Trinajstić information content (AvgIpc) is 2.85. The molecule has 0 aliphatic carbocycles. The molecule has 0 spiro atoms. The first-order valence-electron chi connectivity index (χ1n) is 6.69.